The number of anilines is 1. The molecule has 1 aliphatic heterocycles. The van der Waals surface area contributed by atoms with Gasteiger partial charge >= 0.3 is 0 Å². The maximum Gasteiger partial charge on any atom is 0.248 e. The second kappa shape index (κ2) is 8.02. The predicted octanol–water partition coefficient (Wildman–Crippen LogP) is 2.94. The average molecular weight is 379 g/mol. The first-order valence-electron chi connectivity index (χ1n) is 9.70. The fraction of sp³-hybridized carbons (Fsp3) is 0.450. The predicted molar refractivity (Wildman–Crippen MR) is 106 cm³/mol. The smallest absolute Gasteiger partial charge is 0.248 e. The van der Waals surface area contributed by atoms with Gasteiger partial charge in [0.25, 0.3) is 0 Å². The molecule has 8 nitrogen and oxygen atoms in total. The Kier molecular flexibility index (Phi) is 5.29. The molecule has 28 heavy (non-hydrogen) atoms. The van der Waals surface area contributed by atoms with Gasteiger partial charge in [-0.3, -0.25) is 4.98 Å². The number of aromatic nitrogens is 5. The Bertz CT molecular complexity index is 939. The zero-order chi connectivity index (χ0) is 19.5. The minimum Gasteiger partial charge on any atom is -0.358 e. The highest BCUT2D eigenvalue weighted by atomic mass is 16.5. The summed E-state index contributed by atoms with van der Waals surface area (Å²) in [4.78, 5) is 18.3. The number of hydrogen-bond donors (Lipinski definition) is 2. The van der Waals surface area contributed by atoms with Crippen LogP contribution < -0.4 is 10.6 Å². The average Bonchev–Trinajstić information content (AvgIpc) is 3.16. The van der Waals surface area contributed by atoms with Crippen LogP contribution in [0.3, 0.4) is 0 Å². The minimum absolute atomic E-state index is 0.149. The van der Waals surface area contributed by atoms with E-state index < -0.39 is 0 Å². The number of hydrogen-bond acceptors (Lipinski definition) is 8. The van der Waals surface area contributed by atoms with E-state index in [0.717, 1.165) is 54.4 Å². The van der Waals surface area contributed by atoms with E-state index in [2.05, 4.69) is 39.6 Å². The van der Waals surface area contributed by atoms with Crippen LogP contribution in [-0.4, -0.2) is 31.6 Å². The Morgan fingerprint density at radius 3 is 2.89 bits per heavy atom. The minimum atomic E-state index is -0.149. The summed E-state index contributed by atoms with van der Waals surface area (Å²) in [6.07, 6.45) is 5.20. The molecule has 1 atom stereocenters. The Morgan fingerprint density at radius 1 is 1.21 bits per heavy atom. The summed E-state index contributed by atoms with van der Waals surface area (Å²) in [6.45, 7) is 7.92. The highest BCUT2D eigenvalue weighted by molar-refractivity contribution is 5.59. The molecule has 2 N–H and O–H groups in total. The Labute approximate surface area is 164 Å². The molecule has 8 heteroatoms. The van der Waals surface area contributed by atoms with Crippen molar-refractivity contribution < 1.29 is 4.52 Å². The molecule has 0 spiro atoms. The van der Waals surface area contributed by atoms with E-state index in [4.69, 9.17) is 14.5 Å². The zero-order valence-electron chi connectivity index (χ0n) is 16.4. The molecule has 0 aliphatic carbocycles. The van der Waals surface area contributed by atoms with Gasteiger partial charge in [0, 0.05) is 36.5 Å². The topological polar surface area (TPSA) is 102 Å². The van der Waals surface area contributed by atoms with Gasteiger partial charge in [-0.1, -0.05) is 19.0 Å². The lowest BCUT2D eigenvalue weighted by Crippen LogP contribution is -2.27. The van der Waals surface area contributed by atoms with E-state index in [0.29, 0.717) is 17.6 Å². The third-order valence-corrected chi connectivity index (χ3v) is 4.65. The van der Waals surface area contributed by atoms with Crippen molar-refractivity contribution in [1.29, 1.82) is 0 Å². The normalized spacial score (nSPS) is 14.7. The monoisotopic (exact) mass is 379 g/mol. The van der Waals surface area contributed by atoms with Crippen molar-refractivity contribution in [3.8, 4) is 11.4 Å². The zero-order valence-corrected chi connectivity index (χ0v) is 16.4. The third-order valence-electron chi connectivity index (χ3n) is 4.65. The summed E-state index contributed by atoms with van der Waals surface area (Å²) in [5, 5.41) is 10.9. The molecular weight excluding hydrogens is 354 g/mol. The summed E-state index contributed by atoms with van der Waals surface area (Å²) in [7, 11) is 0. The Balaban J connectivity index is 1.63. The van der Waals surface area contributed by atoms with Crippen molar-refractivity contribution in [2.75, 3.05) is 11.9 Å². The quantitative estimate of drug-likeness (QED) is 0.674. The van der Waals surface area contributed by atoms with Crippen LogP contribution in [0.25, 0.3) is 11.4 Å². The van der Waals surface area contributed by atoms with Crippen molar-refractivity contribution in [2.45, 2.75) is 46.2 Å². The molecule has 146 valence electrons. The first-order chi connectivity index (χ1) is 13.6. The highest BCUT2D eigenvalue weighted by Crippen LogP contribution is 2.27. The molecule has 0 radical (unpaired) electrons. The molecular formula is C20H25N7O. The molecule has 1 aliphatic rings. The standard InChI is InChI=1S/C20H25N7O/c1-12(2)9-17-25-20(28-27-17)13(3)23-19-15-6-8-22-11-16(15)24-18(26-19)14-5-4-7-21-10-14/h4-5,7,10,12-13,22H,6,8-9,11H2,1-3H3,(H,23,24,26). The van der Waals surface area contributed by atoms with Gasteiger partial charge in [-0.05, 0) is 37.9 Å². The van der Waals surface area contributed by atoms with Gasteiger partial charge in [0.2, 0.25) is 5.89 Å². The molecule has 0 fully saturated rings. The van der Waals surface area contributed by atoms with Gasteiger partial charge in [-0.15, -0.1) is 0 Å². The summed E-state index contributed by atoms with van der Waals surface area (Å²) < 4.78 is 5.47. The SMILES string of the molecule is CC(C)Cc1noc(C(C)Nc2nc(-c3cccnc3)nc3c2CCNC3)n1. The van der Waals surface area contributed by atoms with Crippen LogP contribution >= 0.6 is 0 Å². The van der Waals surface area contributed by atoms with Crippen molar-refractivity contribution in [3.05, 3.63) is 47.5 Å². The molecule has 4 heterocycles. The van der Waals surface area contributed by atoms with Gasteiger partial charge in [-0.2, -0.15) is 4.98 Å². The van der Waals surface area contributed by atoms with Crippen molar-refractivity contribution in [2.24, 2.45) is 5.92 Å². The lowest BCUT2D eigenvalue weighted by atomic mass is 10.1. The van der Waals surface area contributed by atoms with Gasteiger partial charge < -0.3 is 15.2 Å². The molecule has 0 bridgehead atoms. The number of nitrogens with zero attached hydrogens (tertiary/aromatic N) is 5. The number of rotatable bonds is 6. The molecule has 3 aromatic heterocycles. The van der Waals surface area contributed by atoms with Crippen LogP contribution in [0.2, 0.25) is 0 Å². The van der Waals surface area contributed by atoms with E-state index in [9.17, 15) is 0 Å². The molecule has 4 rings (SSSR count). The van der Waals surface area contributed by atoms with Gasteiger partial charge in [0.15, 0.2) is 11.6 Å². The maximum atomic E-state index is 5.47. The van der Waals surface area contributed by atoms with Gasteiger partial charge in [0.05, 0.1) is 5.69 Å². The van der Waals surface area contributed by atoms with Crippen molar-refractivity contribution in [3.63, 3.8) is 0 Å². The maximum absolute atomic E-state index is 5.47. The first-order valence-corrected chi connectivity index (χ1v) is 9.70. The van der Waals surface area contributed by atoms with E-state index in [1.807, 2.05) is 19.1 Å². The summed E-state index contributed by atoms with van der Waals surface area (Å²) in [6, 6.07) is 3.71. The summed E-state index contributed by atoms with van der Waals surface area (Å²) in [5.74, 6) is 3.28. The Hall–Kier alpha value is -2.87. The largest absolute Gasteiger partial charge is 0.358 e. The number of nitrogens with one attached hydrogen (secondary N) is 2. The van der Waals surface area contributed by atoms with Crippen LogP contribution in [0.5, 0.6) is 0 Å². The van der Waals surface area contributed by atoms with Crippen LogP contribution in [0.15, 0.2) is 29.0 Å². The fourth-order valence-electron chi connectivity index (χ4n) is 3.26. The van der Waals surface area contributed by atoms with Gasteiger partial charge in [-0.25, -0.2) is 9.97 Å². The van der Waals surface area contributed by atoms with Gasteiger partial charge in [0.1, 0.15) is 11.9 Å². The second-order valence-electron chi connectivity index (χ2n) is 7.50. The van der Waals surface area contributed by atoms with Crippen LogP contribution in [-0.2, 0) is 19.4 Å². The lowest BCUT2D eigenvalue weighted by molar-refractivity contribution is 0.360. The van der Waals surface area contributed by atoms with E-state index in [1.165, 1.54) is 0 Å². The second-order valence-corrected chi connectivity index (χ2v) is 7.50. The highest BCUT2D eigenvalue weighted by Gasteiger charge is 2.22. The van der Waals surface area contributed by atoms with Crippen LogP contribution in [0.1, 0.15) is 49.8 Å². The molecule has 0 amide bonds. The van der Waals surface area contributed by atoms with Crippen molar-refractivity contribution >= 4 is 5.82 Å². The molecule has 0 saturated heterocycles. The summed E-state index contributed by atoms with van der Waals surface area (Å²) in [5.41, 5.74) is 3.05. The van der Waals surface area contributed by atoms with Crippen molar-refractivity contribution in [1.82, 2.24) is 30.4 Å². The first kappa shape index (κ1) is 18.5. The van der Waals surface area contributed by atoms with Crippen LogP contribution in [0, 0.1) is 5.92 Å². The molecule has 3 aromatic rings. The molecule has 1 unspecified atom stereocenters. The van der Waals surface area contributed by atoms with E-state index in [-0.39, 0.29) is 6.04 Å². The number of fused-ring (bicyclic) bond motifs is 1. The Morgan fingerprint density at radius 2 is 2.11 bits per heavy atom. The van der Waals surface area contributed by atoms with E-state index >= 15 is 0 Å². The molecule has 0 saturated carbocycles. The third kappa shape index (κ3) is 4.01. The lowest BCUT2D eigenvalue weighted by Gasteiger charge is -2.22. The van der Waals surface area contributed by atoms with Crippen LogP contribution in [0.4, 0.5) is 5.82 Å². The number of pyridine rings is 1. The molecule has 0 aromatic carbocycles. The fourth-order valence-corrected chi connectivity index (χ4v) is 3.26. The van der Waals surface area contributed by atoms with E-state index in [1.54, 1.807) is 12.4 Å². The summed E-state index contributed by atoms with van der Waals surface area (Å²) >= 11 is 0.